The van der Waals surface area contributed by atoms with Crippen LogP contribution in [0.3, 0.4) is 0 Å². The van der Waals surface area contributed by atoms with Crippen molar-refractivity contribution in [2.75, 3.05) is 13.2 Å². The van der Waals surface area contributed by atoms with E-state index in [1.165, 1.54) is 0 Å². The summed E-state index contributed by atoms with van der Waals surface area (Å²) in [7, 11) is 0. The largest absolute Gasteiger partial charge is 0.347 e. The summed E-state index contributed by atoms with van der Waals surface area (Å²) >= 11 is 5.36. The summed E-state index contributed by atoms with van der Waals surface area (Å²) in [5.74, 6) is -0.714. The first-order chi connectivity index (χ1) is 6.68. The second-order valence-corrected chi connectivity index (χ2v) is 4.02. The zero-order valence-electron chi connectivity index (χ0n) is 8.55. The molecule has 1 aliphatic heterocycles. The van der Waals surface area contributed by atoms with E-state index in [-0.39, 0.29) is 11.7 Å². The van der Waals surface area contributed by atoms with Gasteiger partial charge in [-0.25, -0.2) is 0 Å². The summed E-state index contributed by atoms with van der Waals surface area (Å²) in [5, 5.41) is -0.386. The van der Waals surface area contributed by atoms with Gasteiger partial charge in [-0.15, -0.1) is 0 Å². The fourth-order valence-corrected chi connectivity index (χ4v) is 1.89. The highest BCUT2D eigenvalue weighted by molar-refractivity contribution is 6.63. The average Bonchev–Trinajstić information content (AvgIpc) is 2.53. The van der Waals surface area contributed by atoms with Crippen LogP contribution in [0.2, 0.25) is 0 Å². The highest BCUT2D eigenvalue weighted by Gasteiger charge is 2.37. The second-order valence-electron chi connectivity index (χ2n) is 3.60. The van der Waals surface area contributed by atoms with Crippen LogP contribution >= 0.6 is 11.6 Å². The van der Waals surface area contributed by atoms with Gasteiger partial charge in [-0.05, 0) is 18.0 Å². The van der Waals surface area contributed by atoms with Crippen molar-refractivity contribution in [2.24, 2.45) is 0 Å². The third kappa shape index (κ3) is 3.56. The van der Waals surface area contributed by atoms with Crippen LogP contribution in [-0.4, -0.2) is 24.2 Å². The second kappa shape index (κ2) is 5.69. The number of unbranched alkanes of at least 4 members (excludes halogenated alkanes) is 2. The van der Waals surface area contributed by atoms with Crippen molar-refractivity contribution >= 4 is 16.8 Å². The summed E-state index contributed by atoms with van der Waals surface area (Å²) in [4.78, 5) is 10.8. The third-order valence-corrected chi connectivity index (χ3v) is 2.52. The molecule has 0 spiro atoms. The fraction of sp³-hybridized carbons (Fsp3) is 0.900. The van der Waals surface area contributed by atoms with Crippen LogP contribution in [-0.2, 0) is 14.3 Å². The van der Waals surface area contributed by atoms with E-state index in [0.717, 1.165) is 25.7 Å². The molecule has 4 heteroatoms. The molecule has 1 rings (SSSR count). The van der Waals surface area contributed by atoms with Crippen molar-refractivity contribution < 1.29 is 14.3 Å². The molecule has 0 aliphatic carbocycles. The van der Waals surface area contributed by atoms with Crippen LogP contribution in [0.4, 0.5) is 0 Å². The van der Waals surface area contributed by atoms with Gasteiger partial charge in [-0.3, -0.25) is 4.79 Å². The van der Waals surface area contributed by atoms with Crippen LogP contribution in [0.15, 0.2) is 0 Å². The number of carbonyl (C=O) groups is 1. The minimum absolute atomic E-state index is 0.165. The summed E-state index contributed by atoms with van der Waals surface area (Å²) in [6.45, 7) is 3.27. The van der Waals surface area contributed by atoms with E-state index in [0.29, 0.717) is 13.2 Å². The molecule has 0 atom stereocenters. The van der Waals surface area contributed by atoms with Crippen molar-refractivity contribution in [3.05, 3.63) is 0 Å². The topological polar surface area (TPSA) is 35.5 Å². The van der Waals surface area contributed by atoms with Crippen LogP contribution in [0.5, 0.6) is 0 Å². The smallest absolute Gasteiger partial charge is 0.227 e. The first-order valence-corrected chi connectivity index (χ1v) is 5.52. The van der Waals surface area contributed by atoms with Crippen molar-refractivity contribution in [1.82, 2.24) is 0 Å². The zero-order valence-corrected chi connectivity index (χ0v) is 9.31. The molecule has 1 heterocycles. The minimum Gasteiger partial charge on any atom is -0.347 e. The van der Waals surface area contributed by atoms with E-state index in [4.69, 9.17) is 21.1 Å². The molecule has 0 amide bonds. The molecular formula is C10H17ClO3. The van der Waals surface area contributed by atoms with Gasteiger partial charge in [0.2, 0.25) is 5.24 Å². The van der Waals surface area contributed by atoms with Gasteiger partial charge in [-0.1, -0.05) is 19.8 Å². The molecule has 0 bridgehead atoms. The van der Waals surface area contributed by atoms with Gasteiger partial charge in [0, 0.05) is 6.42 Å². The van der Waals surface area contributed by atoms with Gasteiger partial charge < -0.3 is 9.47 Å². The Kier molecular flexibility index (Phi) is 4.85. The fourth-order valence-electron chi connectivity index (χ4n) is 1.69. The number of ether oxygens (including phenoxy) is 2. The summed E-state index contributed by atoms with van der Waals surface area (Å²) in [5.41, 5.74) is 0. The van der Waals surface area contributed by atoms with E-state index in [2.05, 4.69) is 6.92 Å². The lowest BCUT2D eigenvalue weighted by Gasteiger charge is -2.25. The number of hydrogen-bond donors (Lipinski definition) is 0. The number of halogens is 1. The standard InChI is InChI=1S/C10H17ClO3/c1-2-3-4-5-10(8-9(11)12)13-6-7-14-10/h2-8H2,1H3. The van der Waals surface area contributed by atoms with E-state index in [9.17, 15) is 4.79 Å². The summed E-state index contributed by atoms with van der Waals surface area (Å²) in [6.07, 6.45) is 4.22. The number of hydrogen-bond acceptors (Lipinski definition) is 3. The minimum atomic E-state index is -0.714. The molecule has 1 fully saturated rings. The normalized spacial score (nSPS) is 19.9. The number of carbonyl (C=O) groups excluding carboxylic acids is 1. The summed E-state index contributed by atoms with van der Waals surface area (Å²) in [6, 6.07) is 0. The van der Waals surface area contributed by atoms with Gasteiger partial charge in [0.05, 0.1) is 19.6 Å². The lowest BCUT2D eigenvalue weighted by Crippen LogP contribution is -2.32. The molecule has 0 radical (unpaired) electrons. The van der Waals surface area contributed by atoms with Gasteiger partial charge in [0.25, 0.3) is 0 Å². The maximum absolute atomic E-state index is 10.8. The zero-order chi connectivity index (χ0) is 10.4. The average molecular weight is 221 g/mol. The Balaban J connectivity index is 2.40. The van der Waals surface area contributed by atoms with Crippen LogP contribution in [0, 0.1) is 0 Å². The van der Waals surface area contributed by atoms with Crippen LogP contribution in [0.1, 0.15) is 39.0 Å². The SMILES string of the molecule is CCCCCC1(CC(=O)Cl)OCCO1. The van der Waals surface area contributed by atoms with Crippen LogP contribution < -0.4 is 0 Å². The Morgan fingerprint density at radius 1 is 1.36 bits per heavy atom. The number of rotatable bonds is 6. The Morgan fingerprint density at radius 3 is 2.50 bits per heavy atom. The lowest BCUT2D eigenvalue weighted by molar-refractivity contribution is -0.170. The van der Waals surface area contributed by atoms with E-state index < -0.39 is 5.79 Å². The Hall–Kier alpha value is -0.120. The quantitative estimate of drug-likeness (QED) is 0.510. The molecule has 14 heavy (non-hydrogen) atoms. The monoisotopic (exact) mass is 220 g/mol. The first-order valence-electron chi connectivity index (χ1n) is 5.15. The predicted molar refractivity (Wildman–Crippen MR) is 54.3 cm³/mol. The Morgan fingerprint density at radius 2 is 2.00 bits per heavy atom. The molecular weight excluding hydrogens is 204 g/mol. The van der Waals surface area contributed by atoms with Gasteiger partial charge in [0.15, 0.2) is 5.79 Å². The van der Waals surface area contributed by atoms with Crippen molar-refractivity contribution in [2.45, 2.75) is 44.8 Å². The molecule has 82 valence electrons. The summed E-state index contributed by atoms with van der Waals surface area (Å²) < 4.78 is 10.9. The van der Waals surface area contributed by atoms with Crippen molar-refractivity contribution in [3.63, 3.8) is 0 Å². The highest BCUT2D eigenvalue weighted by Crippen LogP contribution is 2.30. The lowest BCUT2D eigenvalue weighted by atomic mass is 10.1. The molecule has 0 N–H and O–H groups in total. The van der Waals surface area contributed by atoms with E-state index in [1.54, 1.807) is 0 Å². The molecule has 3 nitrogen and oxygen atoms in total. The van der Waals surface area contributed by atoms with Crippen molar-refractivity contribution in [1.29, 1.82) is 0 Å². The van der Waals surface area contributed by atoms with E-state index in [1.807, 2.05) is 0 Å². The Bertz CT molecular complexity index is 188. The van der Waals surface area contributed by atoms with E-state index >= 15 is 0 Å². The molecule has 0 aromatic carbocycles. The maximum atomic E-state index is 10.8. The molecule has 1 saturated heterocycles. The molecule has 0 aromatic rings. The Labute approximate surface area is 89.7 Å². The maximum Gasteiger partial charge on any atom is 0.227 e. The molecule has 0 aromatic heterocycles. The van der Waals surface area contributed by atoms with Gasteiger partial charge in [0.1, 0.15) is 0 Å². The van der Waals surface area contributed by atoms with Gasteiger partial charge in [-0.2, -0.15) is 0 Å². The molecule has 1 aliphatic rings. The third-order valence-electron chi connectivity index (χ3n) is 2.38. The van der Waals surface area contributed by atoms with Gasteiger partial charge >= 0.3 is 0 Å². The van der Waals surface area contributed by atoms with Crippen molar-refractivity contribution in [3.8, 4) is 0 Å². The van der Waals surface area contributed by atoms with Crippen LogP contribution in [0.25, 0.3) is 0 Å². The molecule has 0 unspecified atom stereocenters. The highest BCUT2D eigenvalue weighted by atomic mass is 35.5. The first kappa shape index (κ1) is 12.0. The molecule has 0 saturated carbocycles. The predicted octanol–water partition coefficient (Wildman–Crippen LogP) is 2.47.